The molecule has 0 rings (SSSR count). The van der Waals surface area contributed by atoms with Crippen molar-refractivity contribution in [3.63, 3.8) is 0 Å². The summed E-state index contributed by atoms with van der Waals surface area (Å²) in [7, 11) is 0. The molecule has 0 aromatic carbocycles. The predicted octanol–water partition coefficient (Wildman–Crippen LogP) is 3.53. The minimum absolute atomic E-state index is 0.295. The number of rotatable bonds is 8. The lowest BCUT2D eigenvalue weighted by Gasteiger charge is -1.90. The number of unbranched alkanes of at least 4 members (excludes halogenated alkanes) is 2. The maximum atomic E-state index is 11.6. The molecule has 0 aromatic heterocycles. The summed E-state index contributed by atoms with van der Waals surface area (Å²) >= 11 is 0. The van der Waals surface area contributed by atoms with Crippen molar-refractivity contribution >= 4 is 0 Å². The van der Waals surface area contributed by atoms with E-state index in [0.717, 1.165) is 0 Å². The molecule has 0 N–H and O–H groups in total. The van der Waals surface area contributed by atoms with Crippen LogP contribution < -0.4 is 0 Å². The minimum atomic E-state index is -0.295. The molecule has 0 spiro atoms. The van der Waals surface area contributed by atoms with E-state index in [4.69, 9.17) is 4.74 Å². The van der Waals surface area contributed by atoms with Crippen molar-refractivity contribution in [1.29, 1.82) is 0 Å². The van der Waals surface area contributed by atoms with E-state index in [1.165, 1.54) is 12.5 Å². The fraction of sp³-hybridized carbons (Fsp3) is 0.600. The van der Waals surface area contributed by atoms with E-state index in [1.807, 2.05) is 0 Å². The van der Waals surface area contributed by atoms with Gasteiger partial charge in [0, 0.05) is 0 Å². The van der Waals surface area contributed by atoms with Gasteiger partial charge in [-0.25, -0.2) is 0 Å². The van der Waals surface area contributed by atoms with Crippen molar-refractivity contribution < 1.29 is 13.5 Å². The van der Waals surface area contributed by atoms with Gasteiger partial charge in [-0.15, -0.1) is 0 Å². The molecule has 0 saturated heterocycles. The Hall–Kier alpha value is -0.860. The number of ether oxygens (including phenoxy) is 1. The molecule has 13 heavy (non-hydrogen) atoms. The van der Waals surface area contributed by atoms with Gasteiger partial charge >= 0.3 is 0 Å². The van der Waals surface area contributed by atoms with Crippen LogP contribution in [-0.4, -0.2) is 13.3 Å². The normalized spacial score (nSPS) is 11.5. The van der Waals surface area contributed by atoms with Crippen molar-refractivity contribution in [1.82, 2.24) is 0 Å². The predicted molar refractivity (Wildman–Crippen MR) is 49.8 cm³/mol. The summed E-state index contributed by atoms with van der Waals surface area (Å²) in [4.78, 5) is 0. The van der Waals surface area contributed by atoms with E-state index in [9.17, 15) is 8.78 Å². The van der Waals surface area contributed by atoms with Gasteiger partial charge in [0.2, 0.25) is 0 Å². The zero-order valence-electron chi connectivity index (χ0n) is 7.72. The highest BCUT2D eigenvalue weighted by molar-refractivity contribution is 4.79. The number of alkyl halides is 2. The van der Waals surface area contributed by atoms with Gasteiger partial charge in [0.25, 0.3) is 0 Å². The Balaban J connectivity index is 3.13. The first-order chi connectivity index (χ1) is 6.41. The molecule has 0 bridgehead atoms. The highest BCUT2D eigenvalue weighted by Crippen LogP contribution is 1.94. The van der Waals surface area contributed by atoms with Crippen LogP contribution in [0.4, 0.5) is 8.78 Å². The second-order valence-electron chi connectivity index (χ2n) is 2.54. The third kappa shape index (κ3) is 11.1. The summed E-state index contributed by atoms with van der Waals surface area (Å²) < 4.78 is 28.1. The number of halogens is 2. The Morgan fingerprint density at radius 2 is 1.31 bits per heavy atom. The van der Waals surface area contributed by atoms with E-state index < -0.39 is 0 Å². The van der Waals surface area contributed by atoms with Crippen LogP contribution >= 0.6 is 0 Å². The SMILES string of the molecule is FCCCC=COC=CCCCF. The fourth-order valence-electron chi connectivity index (χ4n) is 0.683. The van der Waals surface area contributed by atoms with Gasteiger partial charge < -0.3 is 4.74 Å². The summed E-state index contributed by atoms with van der Waals surface area (Å²) in [6.07, 6.45) is 9.00. The average Bonchev–Trinajstić information content (AvgIpc) is 2.16. The third-order valence-electron chi connectivity index (χ3n) is 1.36. The Morgan fingerprint density at radius 3 is 1.69 bits per heavy atom. The molecule has 0 unspecified atom stereocenters. The van der Waals surface area contributed by atoms with Gasteiger partial charge in [-0.05, 0) is 37.8 Å². The van der Waals surface area contributed by atoms with Crippen LogP contribution in [0.1, 0.15) is 25.7 Å². The maximum Gasteiger partial charge on any atom is 0.0897 e. The molecule has 0 heterocycles. The first-order valence-corrected chi connectivity index (χ1v) is 4.49. The zero-order chi connectivity index (χ0) is 9.78. The second-order valence-corrected chi connectivity index (χ2v) is 2.54. The average molecular weight is 190 g/mol. The summed E-state index contributed by atoms with van der Waals surface area (Å²) in [6, 6.07) is 0. The first-order valence-electron chi connectivity index (χ1n) is 4.49. The smallest absolute Gasteiger partial charge is 0.0897 e. The molecule has 0 aliphatic rings. The van der Waals surface area contributed by atoms with Crippen LogP contribution in [0.3, 0.4) is 0 Å². The van der Waals surface area contributed by atoms with E-state index >= 15 is 0 Å². The zero-order valence-corrected chi connectivity index (χ0v) is 7.72. The molecular formula is C10H16F2O. The second kappa shape index (κ2) is 11.1. The van der Waals surface area contributed by atoms with Crippen molar-refractivity contribution in [2.24, 2.45) is 0 Å². The topological polar surface area (TPSA) is 9.23 Å². The van der Waals surface area contributed by atoms with Crippen LogP contribution in [0.5, 0.6) is 0 Å². The summed E-state index contributed by atoms with van der Waals surface area (Å²) in [5.41, 5.74) is 0. The van der Waals surface area contributed by atoms with Gasteiger partial charge in [0.05, 0.1) is 25.9 Å². The summed E-state index contributed by atoms with van der Waals surface area (Å²) in [5.74, 6) is 0. The van der Waals surface area contributed by atoms with Crippen LogP contribution in [0.15, 0.2) is 24.7 Å². The molecule has 76 valence electrons. The molecule has 1 nitrogen and oxygen atoms in total. The lowest BCUT2D eigenvalue weighted by molar-refractivity contribution is 0.395. The van der Waals surface area contributed by atoms with Gasteiger partial charge in [0.1, 0.15) is 0 Å². The molecule has 0 saturated carbocycles. The monoisotopic (exact) mass is 190 g/mol. The molecule has 3 heteroatoms. The van der Waals surface area contributed by atoms with Crippen LogP contribution in [0, 0.1) is 0 Å². The third-order valence-corrected chi connectivity index (χ3v) is 1.36. The molecular weight excluding hydrogens is 174 g/mol. The Labute approximate surface area is 78.1 Å². The van der Waals surface area contributed by atoms with E-state index in [2.05, 4.69) is 0 Å². The molecule has 0 aliphatic carbocycles. The molecule has 0 aromatic rings. The number of allylic oxidation sites excluding steroid dienone is 2. The fourth-order valence-corrected chi connectivity index (χ4v) is 0.683. The highest BCUT2D eigenvalue weighted by Gasteiger charge is 1.80. The van der Waals surface area contributed by atoms with Crippen LogP contribution in [0.25, 0.3) is 0 Å². The Kier molecular flexibility index (Phi) is 10.4. The van der Waals surface area contributed by atoms with Gasteiger partial charge in [0.15, 0.2) is 0 Å². The largest absolute Gasteiger partial charge is 0.473 e. The van der Waals surface area contributed by atoms with Crippen molar-refractivity contribution in [3.8, 4) is 0 Å². The highest BCUT2D eigenvalue weighted by atomic mass is 19.1. The van der Waals surface area contributed by atoms with Gasteiger partial charge in [-0.3, -0.25) is 8.78 Å². The number of hydrogen-bond acceptors (Lipinski definition) is 1. The summed E-state index contributed by atoms with van der Waals surface area (Å²) in [5, 5.41) is 0. The molecule has 0 amide bonds. The van der Waals surface area contributed by atoms with E-state index in [1.54, 1.807) is 12.2 Å². The van der Waals surface area contributed by atoms with Crippen molar-refractivity contribution in [2.75, 3.05) is 13.3 Å². The van der Waals surface area contributed by atoms with Crippen molar-refractivity contribution in [2.45, 2.75) is 25.7 Å². The minimum Gasteiger partial charge on any atom is -0.473 e. The standard InChI is InChI=1S/C10H16F2O/c11-7-3-1-5-9-13-10-6-2-4-8-12/h5-6,9-10H,1-4,7-8H2. The Bertz CT molecular complexity index is 128. The molecule has 0 radical (unpaired) electrons. The van der Waals surface area contributed by atoms with E-state index in [-0.39, 0.29) is 13.3 Å². The van der Waals surface area contributed by atoms with Gasteiger partial charge in [-0.2, -0.15) is 0 Å². The lowest BCUT2D eigenvalue weighted by atomic mass is 10.3. The van der Waals surface area contributed by atoms with Crippen LogP contribution in [0.2, 0.25) is 0 Å². The van der Waals surface area contributed by atoms with Crippen LogP contribution in [-0.2, 0) is 4.74 Å². The Morgan fingerprint density at radius 1 is 0.846 bits per heavy atom. The van der Waals surface area contributed by atoms with Gasteiger partial charge in [-0.1, -0.05) is 0 Å². The molecule has 0 atom stereocenters. The quantitative estimate of drug-likeness (QED) is 0.420. The van der Waals surface area contributed by atoms with E-state index in [0.29, 0.717) is 25.7 Å². The van der Waals surface area contributed by atoms with Crippen molar-refractivity contribution in [3.05, 3.63) is 24.7 Å². The first kappa shape index (κ1) is 12.1. The lowest BCUT2D eigenvalue weighted by Crippen LogP contribution is -1.74. The summed E-state index contributed by atoms with van der Waals surface area (Å²) in [6.45, 7) is -0.590. The molecule has 0 fully saturated rings. The maximum absolute atomic E-state index is 11.6. The molecule has 0 aliphatic heterocycles. The number of hydrogen-bond donors (Lipinski definition) is 0.